The fraction of sp³-hybridized carbons (Fsp3) is 0.750. The van der Waals surface area contributed by atoms with Gasteiger partial charge >= 0.3 is 13.8 Å². The fourth-order valence-electron chi connectivity index (χ4n) is 2.21. The molecule has 0 heterocycles. The summed E-state index contributed by atoms with van der Waals surface area (Å²) < 4.78 is 14.5. The van der Waals surface area contributed by atoms with Crippen LogP contribution in [0.1, 0.15) is 25.7 Å². The first kappa shape index (κ1) is 20.0. The average Bonchev–Trinajstić information content (AvgIpc) is 2.48. The molecule has 0 saturated heterocycles. The lowest BCUT2D eigenvalue weighted by atomic mass is 9.96. The number of carbonyl (C=O) groups is 1. The van der Waals surface area contributed by atoms with E-state index in [1.165, 1.54) is 0 Å². The molecule has 0 fully saturated rings. The molecule has 0 aliphatic heterocycles. The molecular weight excluding hydrogens is 333 g/mol. The Kier molecular flexibility index (Phi) is 7.62. The third-order valence-corrected chi connectivity index (χ3v) is 3.94. The summed E-state index contributed by atoms with van der Waals surface area (Å²) in [6.07, 6.45) is -2.42. The molecule has 0 spiro atoms. The number of carboxylic acid groups (broad SMARTS) is 1. The monoisotopic (exact) mass is 355 g/mol. The lowest BCUT2D eigenvalue weighted by Gasteiger charge is -2.25. The predicted molar refractivity (Wildman–Crippen MR) is 77.1 cm³/mol. The largest absolute Gasteiger partial charge is 0.478 e. The molecule has 0 amide bonds. The number of allylic oxidation sites excluding steroid dienone is 1. The van der Waals surface area contributed by atoms with Crippen LogP contribution < -0.4 is 5.32 Å². The van der Waals surface area contributed by atoms with Crippen molar-refractivity contribution in [2.45, 2.75) is 44.0 Å². The van der Waals surface area contributed by atoms with E-state index >= 15 is 0 Å². The highest BCUT2D eigenvalue weighted by atomic mass is 31.2. The van der Waals surface area contributed by atoms with E-state index in [-0.39, 0.29) is 12.1 Å². The van der Waals surface area contributed by atoms with Crippen LogP contribution in [0.2, 0.25) is 0 Å². The zero-order chi connectivity index (χ0) is 17.6. The van der Waals surface area contributed by atoms with Crippen LogP contribution in [0.5, 0.6) is 0 Å². The van der Waals surface area contributed by atoms with Gasteiger partial charge in [-0.15, -0.1) is 0 Å². The van der Waals surface area contributed by atoms with Gasteiger partial charge in [0.25, 0.3) is 0 Å². The second kappa shape index (κ2) is 8.74. The van der Waals surface area contributed by atoms with Crippen molar-refractivity contribution in [2.24, 2.45) is 0 Å². The number of phosphoric ester groups is 1. The zero-order valence-corrected chi connectivity index (χ0v) is 13.2. The summed E-state index contributed by atoms with van der Waals surface area (Å²) in [5, 5.41) is 40.8. The quantitative estimate of drug-likeness (QED) is 0.245. The Balaban J connectivity index is 2.53. The highest BCUT2D eigenvalue weighted by Gasteiger charge is 2.28. The topological polar surface area (TPSA) is 177 Å². The van der Waals surface area contributed by atoms with Gasteiger partial charge in [-0.05, 0) is 25.7 Å². The summed E-state index contributed by atoms with van der Waals surface area (Å²) in [6, 6.07) is 0. The first-order chi connectivity index (χ1) is 10.6. The Hall–Kier alpha value is -1.00. The van der Waals surface area contributed by atoms with Crippen LogP contribution in [0.15, 0.2) is 11.3 Å². The van der Waals surface area contributed by atoms with Crippen molar-refractivity contribution in [2.75, 3.05) is 13.2 Å². The molecule has 0 aromatic heterocycles. The maximum atomic E-state index is 11.1. The van der Waals surface area contributed by atoms with Crippen LogP contribution in [0.4, 0.5) is 0 Å². The zero-order valence-electron chi connectivity index (χ0n) is 12.3. The number of hydrogen-bond acceptors (Lipinski definition) is 7. The van der Waals surface area contributed by atoms with Gasteiger partial charge in [-0.2, -0.15) is 0 Å². The number of nitrogens with one attached hydrogen (secondary N) is 1. The van der Waals surface area contributed by atoms with Crippen LogP contribution in [0, 0.1) is 0 Å². The second-order valence-corrected chi connectivity index (χ2v) is 6.50. The molecule has 10 nitrogen and oxygen atoms in total. The van der Waals surface area contributed by atoms with Crippen LogP contribution in [-0.2, 0) is 13.9 Å². The molecule has 1 aliphatic carbocycles. The molecule has 0 saturated carbocycles. The van der Waals surface area contributed by atoms with Gasteiger partial charge in [-0.3, -0.25) is 4.52 Å². The van der Waals surface area contributed by atoms with E-state index in [1.807, 2.05) is 0 Å². The Morgan fingerprint density at radius 1 is 1.17 bits per heavy atom. The summed E-state index contributed by atoms with van der Waals surface area (Å²) >= 11 is 0. The van der Waals surface area contributed by atoms with Crippen molar-refractivity contribution in [3.05, 3.63) is 11.3 Å². The summed E-state index contributed by atoms with van der Waals surface area (Å²) in [7, 11) is -4.79. The van der Waals surface area contributed by atoms with E-state index in [4.69, 9.17) is 14.9 Å². The van der Waals surface area contributed by atoms with Gasteiger partial charge in [-0.1, -0.05) is 0 Å². The van der Waals surface area contributed by atoms with Crippen molar-refractivity contribution < 1.29 is 44.1 Å². The van der Waals surface area contributed by atoms with E-state index in [1.54, 1.807) is 0 Å². The smallest absolute Gasteiger partial charge is 0.469 e. The first-order valence-corrected chi connectivity index (χ1v) is 8.58. The maximum absolute atomic E-state index is 11.1. The summed E-state index contributed by atoms with van der Waals surface area (Å²) in [5.74, 6) is -1.04. The minimum absolute atomic E-state index is 0.222. The average molecular weight is 355 g/mol. The number of rotatable bonds is 9. The number of hydrogen-bond donors (Lipinski definition) is 7. The number of phosphoric acid groups is 1. The predicted octanol–water partition coefficient (Wildman–Crippen LogP) is -1.32. The minimum atomic E-state index is -4.79. The molecule has 7 N–H and O–H groups in total. The second-order valence-electron chi connectivity index (χ2n) is 5.26. The van der Waals surface area contributed by atoms with E-state index in [0.717, 1.165) is 12.8 Å². The van der Waals surface area contributed by atoms with Crippen molar-refractivity contribution >= 4 is 13.8 Å². The molecule has 11 heteroatoms. The Labute approximate surface area is 132 Å². The standard InChI is InChI=1S/C12H22NO9P/c14-9(11(16)10(15)6-22-23(19,20)21)5-13-8-4-2-1-3-7(8)12(17)18/h9-11,13-16H,1-6H2,(H,17,18)(H2,19,20,21). The van der Waals surface area contributed by atoms with E-state index in [2.05, 4.69) is 9.84 Å². The molecule has 1 aliphatic rings. The normalized spacial score (nSPS) is 20.0. The van der Waals surface area contributed by atoms with Gasteiger partial charge in [0, 0.05) is 12.2 Å². The number of aliphatic hydroxyl groups excluding tert-OH is 3. The molecule has 23 heavy (non-hydrogen) atoms. The van der Waals surface area contributed by atoms with Crippen LogP contribution >= 0.6 is 7.82 Å². The van der Waals surface area contributed by atoms with Gasteiger partial charge in [0.1, 0.15) is 12.2 Å². The minimum Gasteiger partial charge on any atom is -0.478 e. The number of aliphatic carboxylic acids is 1. The molecule has 3 atom stereocenters. The Morgan fingerprint density at radius 3 is 2.35 bits per heavy atom. The Bertz CT molecular complexity index is 489. The summed E-state index contributed by atoms with van der Waals surface area (Å²) in [6.45, 7) is -1.08. The van der Waals surface area contributed by atoms with Gasteiger partial charge in [0.15, 0.2) is 0 Å². The van der Waals surface area contributed by atoms with Gasteiger partial charge < -0.3 is 35.5 Å². The van der Waals surface area contributed by atoms with E-state index in [9.17, 15) is 24.7 Å². The van der Waals surface area contributed by atoms with Gasteiger partial charge in [-0.25, -0.2) is 9.36 Å². The van der Waals surface area contributed by atoms with Gasteiger partial charge in [0.05, 0.1) is 18.3 Å². The molecule has 134 valence electrons. The highest BCUT2D eigenvalue weighted by Crippen LogP contribution is 2.35. The maximum Gasteiger partial charge on any atom is 0.469 e. The van der Waals surface area contributed by atoms with Crippen molar-refractivity contribution in [1.29, 1.82) is 0 Å². The lowest BCUT2D eigenvalue weighted by Crippen LogP contribution is -2.45. The lowest BCUT2D eigenvalue weighted by molar-refractivity contribution is -0.133. The van der Waals surface area contributed by atoms with Crippen molar-refractivity contribution in [1.82, 2.24) is 5.32 Å². The fourth-order valence-corrected chi connectivity index (χ4v) is 2.56. The van der Waals surface area contributed by atoms with E-state index in [0.29, 0.717) is 18.5 Å². The van der Waals surface area contributed by atoms with Crippen LogP contribution in [-0.4, -0.2) is 67.6 Å². The van der Waals surface area contributed by atoms with Gasteiger partial charge in [0.2, 0.25) is 0 Å². The van der Waals surface area contributed by atoms with Crippen LogP contribution in [0.25, 0.3) is 0 Å². The molecular formula is C12H22NO9P. The summed E-state index contributed by atoms with van der Waals surface area (Å²) in [5.41, 5.74) is 0.694. The highest BCUT2D eigenvalue weighted by molar-refractivity contribution is 7.46. The first-order valence-electron chi connectivity index (χ1n) is 7.05. The molecule has 1 rings (SSSR count). The molecule has 0 bridgehead atoms. The van der Waals surface area contributed by atoms with Crippen molar-refractivity contribution in [3.63, 3.8) is 0 Å². The Morgan fingerprint density at radius 2 is 1.78 bits per heavy atom. The third-order valence-electron chi connectivity index (χ3n) is 3.45. The molecule has 3 unspecified atom stereocenters. The third kappa shape index (κ3) is 6.96. The molecule has 0 aromatic carbocycles. The number of carboxylic acids is 1. The van der Waals surface area contributed by atoms with Crippen LogP contribution in [0.3, 0.4) is 0 Å². The molecule has 0 radical (unpaired) electrons. The number of aliphatic hydroxyl groups is 3. The SMILES string of the molecule is O=C(O)C1=C(NCC(O)C(O)C(O)COP(=O)(O)O)CCCC1. The van der Waals surface area contributed by atoms with E-state index < -0.39 is 38.7 Å². The molecule has 0 aromatic rings. The summed E-state index contributed by atoms with van der Waals surface area (Å²) in [4.78, 5) is 28.1. The van der Waals surface area contributed by atoms with Crippen molar-refractivity contribution in [3.8, 4) is 0 Å².